The van der Waals surface area contributed by atoms with Crippen LogP contribution in [0.2, 0.25) is 0 Å². The van der Waals surface area contributed by atoms with E-state index >= 15 is 0 Å². The molecule has 0 radical (unpaired) electrons. The van der Waals surface area contributed by atoms with Crippen LogP contribution >= 0.6 is 11.8 Å². The topological polar surface area (TPSA) is 57.5 Å². The Kier molecular flexibility index (Phi) is 4.03. The molecule has 0 heterocycles. The molecule has 0 fully saturated rings. The van der Waals surface area contributed by atoms with Gasteiger partial charge in [0.2, 0.25) is 0 Å². The number of carboxylic acid groups (broad SMARTS) is 1. The average Bonchev–Trinajstić information content (AvgIpc) is 2.20. The highest BCUT2D eigenvalue weighted by Crippen LogP contribution is 2.28. The largest absolute Gasteiger partial charge is 0.508 e. The molecule has 0 amide bonds. The van der Waals surface area contributed by atoms with Crippen LogP contribution in [-0.2, 0) is 4.79 Å². The molecule has 1 aromatic rings. The Morgan fingerprint density at radius 2 is 1.80 bits per heavy atom. The lowest BCUT2D eigenvalue weighted by molar-refractivity contribution is -0.140. The van der Waals surface area contributed by atoms with Crippen molar-refractivity contribution in [2.75, 3.05) is 0 Å². The van der Waals surface area contributed by atoms with Gasteiger partial charge < -0.3 is 10.2 Å². The minimum atomic E-state index is -0.784. The van der Waals surface area contributed by atoms with Gasteiger partial charge in [-0.25, -0.2) is 0 Å². The van der Waals surface area contributed by atoms with Gasteiger partial charge in [0.05, 0.1) is 5.92 Å². The van der Waals surface area contributed by atoms with E-state index in [4.69, 9.17) is 10.2 Å². The van der Waals surface area contributed by atoms with Gasteiger partial charge in [0, 0.05) is 10.1 Å². The number of phenolic OH excluding ortho intramolecular Hbond substituents is 1. The molecule has 0 saturated heterocycles. The van der Waals surface area contributed by atoms with Crippen LogP contribution in [0.25, 0.3) is 0 Å². The summed E-state index contributed by atoms with van der Waals surface area (Å²) in [6.45, 7) is 3.58. The van der Waals surface area contributed by atoms with Gasteiger partial charge in [-0.3, -0.25) is 4.79 Å². The summed E-state index contributed by atoms with van der Waals surface area (Å²) in [5, 5.41) is 17.9. The molecular formula is C11H14O3S. The lowest BCUT2D eigenvalue weighted by Crippen LogP contribution is -2.19. The highest BCUT2D eigenvalue weighted by Gasteiger charge is 2.19. The molecule has 0 spiro atoms. The molecule has 2 atom stereocenters. The lowest BCUT2D eigenvalue weighted by atomic mass is 10.1. The molecule has 0 aromatic heterocycles. The molecule has 0 aliphatic carbocycles. The van der Waals surface area contributed by atoms with Gasteiger partial charge in [-0.1, -0.05) is 13.8 Å². The summed E-state index contributed by atoms with van der Waals surface area (Å²) >= 11 is 1.50. The summed E-state index contributed by atoms with van der Waals surface area (Å²) in [6.07, 6.45) is 0. The Bertz CT molecular complexity index is 334. The van der Waals surface area contributed by atoms with Crippen LogP contribution in [0.5, 0.6) is 5.75 Å². The second-order valence-corrected chi connectivity index (χ2v) is 4.89. The second-order valence-electron chi connectivity index (χ2n) is 3.44. The Labute approximate surface area is 93.1 Å². The van der Waals surface area contributed by atoms with Crippen molar-refractivity contribution in [3.63, 3.8) is 0 Å². The highest BCUT2D eigenvalue weighted by molar-refractivity contribution is 8.00. The smallest absolute Gasteiger partial charge is 0.307 e. The quantitative estimate of drug-likeness (QED) is 0.775. The van der Waals surface area contributed by atoms with Crippen LogP contribution in [0.3, 0.4) is 0 Å². The number of benzene rings is 1. The van der Waals surface area contributed by atoms with Crippen LogP contribution in [-0.4, -0.2) is 21.4 Å². The monoisotopic (exact) mass is 226 g/mol. The predicted molar refractivity (Wildman–Crippen MR) is 60.2 cm³/mol. The van der Waals surface area contributed by atoms with Gasteiger partial charge in [-0.15, -0.1) is 11.8 Å². The minimum Gasteiger partial charge on any atom is -0.508 e. The minimum absolute atomic E-state index is 0.00652. The molecule has 0 aliphatic rings. The second kappa shape index (κ2) is 5.07. The number of hydrogen-bond donors (Lipinski definition) is 2. The van der Waals surface area contributed by atoms with Crippen LogP contribution in [0.4, 0.5) is 0 Å². The molecule has 82 valence electrons. The molecule has 2 unspecified atom stereocenters. The third kappa shape index (κ3) is 3.47. The Hall–Kier alpha value is -1.16. The van der Waals surface area contributed by atoms with Crippen molar-refractivity contribution in [3.8, 4) is 5.75 Å². The molecule has 1 rings (SSSR count). The van der Waals surface area contributed by atoms with E-state index in [9.17, 15) is 4.79 Å². The van der Waals surface area contributed by atoms with E-state index in [2.05, 4.69) is 0 Å². The SMILES string of the molecule is CC(Sc1ccc(O)cc1)C(C)C(=O)O. The molecule has 2 N–H and O–H groups in total. The zero-order chi connectivity index (χ0) is 11.4. The van der Waals surface area contributed by atoms with Crippen LogP contribution in [0, 0.1) is 5.92 Å². The zero-order valence-corrected chi connectivity index (χ0v) is 9.49. The van der Waals surface area contributed by atoms with Crippen molar-refractivity contribution in [2.45, 2.75) is 24.0 Å². The van der Waals surface area contributed by atoms with Crippen molar-refractivity contribution in [3.05, 3.63) is 24.3 Å². The summed E-state index contributed by atoms with van der Waals surface area (Å²) in [6, 6.07) is 6.76. The first-order chi connectivity index (χ1) is 7.00. The maximum absolute atomic E-state index is 10.7. The van der Waals surface area contributed by atoms with Crippen LogP contribution in [0.15, 0.2) is 29.2 Å². The summed E-state index contributed by atoms with van der Waals surface area (Å²) in [5.74, 6) is -0.948. The van der Waals surface area contributed by atoms with Crippen molar-refractivity contribution in [2.24, 2.45) is 5.92 Å². The van der Waals surface area contributed by atoms with E-state index in [-0.39, 0.29) is 16.9 Å². The van der Waals surface area contributed by atoms with Gasteiger partial charge in [-0.05, 0) is 24.3 Å². The first-order valence-electron chi connectivity index (χ1n) is 4.69. The number of aliphatic carboxylic acids is 1. The van der Waals surface area contributed by atoms with E-state index in [1.54, 1.807) is 31.2 Å². The zero-order valence-electron chi connectivity index (χ0n) is 8.68. The number of rotatable bonds is 4. The Balaban J connectivity index is 2.62. The van der Waals surface area contributed by atoms with E-state index < -0.39 is 5.97 Å². The third-order valence-electron chi connectivity index (χ3n) is 2.25. The van der Waals surface area contributed by atoms with Gasteiger partial charge in [0.15, 0.2) is 0 Å². The molecular weight excluding hydrogens is 212 g/mol. The Morgan fingerprint density at radius 3 is 2.27 bits per heavy atom. The summed E-state index contributed by atoms with van der Waals surface area (Å²) < 4.78 is 0. The fourth-order valence-corrected chi connectivity index (χ4v) is 2.09. The van der Waals surface area contributed by atoms with Crippen LogP contribution in [0.1, 0.15) is 13.8 Å². The number of carbonyl (C=O) groups is 1. The molecule has 1 aromatic carbocycles. The Morgan fingerprint density at radius 1 is 1.27 bits per heavy atom. The fourth-order valence-electron chi connectivity index (χ4n) is 1.04. The van der Waals surface area contributed by atoms with Crippen molar-refractivity contribution < 1.29 is 15.0 Å². The number of thioether (sulfide) groups is 1. The van der Waals surface area contributed by atoms with Gasteiger partial charge >= 0.3 is 5.97 Å². The first kappa shape index (κ1) is 11.9. The summed E-state index contributed by atoms with van der Waals surface area (Å²) in [7, 11) is 0. The number of hydrogen-bond acceptors (Lipinski definition) is 3. The molecule has 0 saturated carbocycles. The van der Waals surface area contributed by atoms with Crippen molar-refractivity contribution in [1.29, 1.82) is 0 Å². The first-order valence-corrected chi connectivity index (χ1v) is 5.57. The highest BCUT2D eigenvalue weighted by atomic mass is 32.2. The average molecular weight is 226 g/mol. The number of carboxylic acids is 1. The number of aromatic hydroxyl groups is 1. The van der Waals surface area contributed by atoms with E-state index in [0.717, 1.165) is 4.90 Å². The van der Waals surface area contributed by atoms with Crippen molar-refractivity contribution in [1.82, 2.24) is 0 Å². The standard InChI is InChI=1S/C11H14O3S/c1-7(11(13)14)8(2)15-10-5-3-9(12)4-6-10/h3-8,12H,1-2H3,(H,13,14). The molecule has 0 aliphatic heterocycles. The van der Waals surface area contributed by atoms with Gasteiger partial charge in [-0.2, -0.15) is 0 Å². The normalized spacial score (nSPS) is 14.5. The maximum Gasteiger partial charge on any atom is 0.307 e. The summed E-state index contributed by atoms with van der Waals surface area (Å²) in [4.78, 5) is 11.7. The van der Waals surface area contributed by atoms with E-state index in [1.165, 1.54) is 11.8 Å². The van der Waals surface area contributed by atoms with E-state index in [0.29, 0.717) is 0 Å². The summed E-state index contributed by atoms with van der Waals surface area (Å²) in [5.41, 5.74) is 0. The molecule has 3 nitrogen and oxygen atoms in total. The molecule has 15 heavy (non-hydrogen) atoms. The van der Waals surface area contributed by atoms with Gasteiger partial charge in [0.1, 0.15) is 5.75 Å². The van der Waals surface area contributed by atoms with Crippen molar-refractivity contribution >= 4 is 17.7 Å². The molecule has 0 bridgehead atoms. The molecule has 4 heteroatoms. The maximum atomic E-state index is 10.7. The van der Waals surface area contributed by atoms with E-state index in [1.807, 2.05) is 6.92 Å². The van der Waals surface area contributed by atoms with Crippen LogP contribution < -0.4 is 0 Å². The predicted octanol–water partition coefficient (Wildman–Crippen LogP) is 2.59. The van der Waals surface area contributed by atoms with Gasteiger partial charge in [0.25, 0.3) is 0 Å². The number of phenols is 1. The fraction of sp³-hybridized carbons (Fsp3) is 0.364. The lowest BCUT2D eigenvalue weighted by Gasteiger charge is -2.15. The third-order valence-corrected chi connectivity index (χ3v) is 3.58.